The second kappa shape index (κ2) is 5.20. The molecule has 0 unspecified atom stereocenters. The summed E-state index contributed by atoms with van der Waals surface area (Å²) in [5, 5.41) is 0.795. The Bertz CT molecular complexity index is 309. The number of nitrogens with zero attached hydrogens (tertiary/aromatic N) is 1. The first kappa shape index (κ1) is 11.3. The van der Waals surface area contributed by atoms with Crippen LogP contribution >= 0.6 is 15.9 Å². The Kier molecular flexibility index (Phi) is 4.20. The predicted molar refractivity (Wildman–Crippen MR) is 58.8 cm³/mol. The van der Waals surface area contributed by atoms with Gasteiger partial charge < -0.3 is 9.32 Å². The molecule has 1 heterocycles. The van der Waals surface area contributed by atoms with Crippen molar-refractivity contribution < 1.29 is 9.21 Å². The fourth-order valence-electron chi connectivity index (χ4n) is 1.28. The summed E-state index contributed by atoms with van der Waals surface area (Å²) in [4.78, 5) is 13.7. The van der Waals surface area contributed by atoms with Crippen LogP contribution in [0.25, 0.3) is 0 Å². The summed E-state index contributed by atoms with van der Waals surface area (Å²) in [6, 6.07) is 1.72. The lowest BCUT2D eigenvalue weighted by Crippen LogP contribution is -2.32. The molecule has 0 aliphatic heterocycles. The van der Waals surface area contributed by atoms with Gasteiger partial charge in [-0.1, -0.05) is 15.9 Å². The zero-order valence-corrected chi connectivity index (χ0v) is 10.0. The lowest BCUT2D eigenvalue weighted by atomic mass is 10.2. The van der Waals surface area contributed by atoms with Crippen LogP contribution in [0.1, 0.15) is 23.0 Å². The average molecular weight is 260 g/mol. The van der Waals surface area contributed by atoms with Gasteiger partial charge in [-0.3, -0.25) is 4.79 Å². The second-order valence-electron chi connectivity index (χ2n) is 2.96. The number of alkyl halides is 1. The third-order valence-corrected chi connectivity index (χ3v) is 2.47. The molecule has 1 rings (SSSR count). The molecule has 0 aliphatic rings. The van der Waals surface area contributed by atoms with Crippen molar-refractivity contribution >= 4 is 21.8 Å². The van der Waals surface area contributed by atoms with Crippen molar-refractivity contribution in [2.75, 3.05) is 18.4 Å². The SMILES string of the molecule is CCN(CCBr)C(=O)c1ccoc1C. The van der Waals surface area contributed by atoms with Gasteiger partial charge in [0, 0.05) is 18.4 Å². The zero-order valence-electron chi connectivity index (χ0n) is 8.42. The van der Waals surface area contributed by atoms with Crippen LogP contribution < -0.4 is 0 Å². The summed E-state index contributed by atoms with van der Waals surface area (Å²) in [5.74, 6) is 0.723. The Balaban J connectivity index is 2.78. The highest BCUT2D eigenvalue weighted by Crippen LogP contribution is 2.11. The van der Waals surface area contributed by atoms with Gasteiger partial charge in [-0.15, -0.1) is 0 Å². The van der Waals surface area contributed by atoms with Crippen molar-refractivity contribution in [3.8, 4) is 0 Å². The highest BCUT2D eigenvalue weighted by Gasteiger charge is 2.16. The van der Waals surface area contributed by atoms with Gasteiger partial charge in [0.1, 0.15) is 5.76 Å². The predicted octanol–water partition coefficient (Wildman–Crippen LogP) is 2.45. The van der Waals surface area contributed by atoms with Gasteiger partial charge in [0.05, 0.1) is 11.8 Å². The van der Waals surface area contributed by atoms with E-state index in [0.29, 0.717) is 11.3 Å². The number of halogens is 1. The number of hydrogen-bond donors (Lipinski definition) is 0. The summed E-state index contributed by atoms with van der Waals surface area (Å²) in [5.41, 5.74) is 0.660. The minimum Gasteiger partial charge on any atom is -0.469 e. The van der Waals surface area contributed by atoms with Crippen LogP contribution in [-0.4, -0.2) is 29.2 Å². The third kappa shape index (κ3) is 2.38. The smallest absolute Gasteiger partial charge is 0.257 e. The van der Waals surface area contributed by atoms with Crippen LogP contribution in [-0.2, 0) is 0 Å². The molecule has 0 spiro atoms. The maximum Gasteiger partial charge on any atom is 0.257 e. The standard InChI is InChI=1S/C10H14BrNO2/c1-3-12(6-5-11)10(13)9-4-7-14-8(9)2/h4,7H,3,5-6H2,1-2H3. The average Bonchev–Trinajstić information content (AvgIpc) is 2.59. The number of amides is 1. The maximum atomic E-state index is 11.9. The lowest BCUT2D eigenvalue weighted by molar-refractivity contribution is 0.0773. The quantitative estimate of drug-likeness (QED) is 0.779. The van der Waals surface area contributed by atoms with Crippen LogP contribution in [0.15, 0.2) is 16.7 Å². The molecule has 78 valence electrons. The van der Waals surface area contributed by atoms with Crippen molar-refractivity contribution in [1.82, 2.24) is 4.90 Å². The van der Waals surface area contributed by atoms with E-state index in [9.17, 15) is 4.79 Å². The molecule has 0 aliphatic carbocycles. The van der Waals surface area contributed by atoms with Gasteiger partial charge >= 0.3 is 0 Å². The van der Waals surface area contributed by atoms with E-state index in [1.807, 2.05) is 6.92 Å². The summed E-state index contributed by atoms with van der Waals surface area (Å²) in [7, 11) is 0. The Morgan fingerprint density at radius 3 is 2.79 bits per heavy atom. The van der Waals surface area contributed by atoms with Crippen LogP contribution in [0.2, 0.25) is 0 Å². The van der Waals surface area contributed by atoms with Gasteiger partial charge in [-0.05, 0) is 19.9 Å². The number of furan rings is 1. The first-order chi connectivity index (χ1) is 6.70. The summed E-state index contributed by atoms with van der Waals surface area (Å²) < 4.78 is 5.10. The molecular formula is C10H14BrNO2. The summed E-state index contributed by atoms with van der Waals surface area (Å²) in [6.07, 6.45) is 1.55. The zero-order chi connectivity index (χ0) is 10.6. The number of aryl methyl sites for hydroxylation is 1. The molecular weight excluding hydrogens is 246 g/mol. The number of hydrogen-bond acceptors (Lipinski definition) is 2. The normalized spacial score (nSPS) is 10.2. The van der Waals surface area contributed by atoms with E-state index in [1.165, 1.54) is 0 Å². The molecule has 0 saturated carbocycles. The highest BCUT2D eigenvalue weighted by molar-refractivity contribution is 9.09. The van der Waals surface area contributed by atoms with Crippen LogP contribution in [0.4, 0.5) is 0 Å². The van der Waals surface area contributed by atoms with Crippen molar-refractivity contribution in [3.63, 3.8) is 0 Å². The third-order valence-electron chi connectivity index (χ3n) is 2.11. The van der Waals surface area contributed by atoms with Crippen molar-refractivity contribution in [3.05, 3.63) is 23.7 Å². The second-order valence-corrected chi connectivity index (χ2v) is 3.76. The van der Waals surface area contributed by atoms with Gasteiger partial charge in [0.25, 0.3) is 5.91 Å². The Hall–Kier alpha value is -0.770. The molecule has 14 heavy (non-hydrogen) atoms. The fraction of sp³-hybridized carbons (Fsp3) is 0.500. The summed E-state index contributed by atoms with van der Waals surface area (Å²) >= 11 is 3.32. The Labute approximate surface area is 92.2 Å². The summed E-state index contributed by atoms with van der Waals surface area (Å²) in [6.45, 7) is 5.21. The minimum absolute atomic E-state index is 0.0400. The molecule has 0 bridgehead atoms. The lowest BCUT2D eigenvalue weighted by Gasteiger charge is -2.18. The van der Waals surface area contributed by atoms with Crippen LogP contribution in [0.3, 0.4) is 0 Å². The van der Waals surface area contributed by atoms with Crippen molar-refractivity contribution in [2.24, 2.45) is 0 Å². The Morgan fingerprint density at radius 2 is 2.36 bits per heavy atom. The molecule has 4 heteroatoms. The van der Waals surface area contributed by atoms with Gasteiger partial charge in [-0.25, -0.2) is 0 Å². The van der Waals surface area contributed by atoms with E-state index in [-0.39, 0.29) is 5.91 Å². The molecule has 1 amide bonds. The van der Waals surface area contributed by atoms with E-state index < -0.39 is 0 Å². The molecule has 0 radical (unpaired) electrons. The van der Waals surface area contributed by atoms with Crippen molar-refractivity contribution in [1.29, 1.82) is 0 Å². The topological polar surface area (TPSA) is 33.5 Å². The van der Waals surface area contributed by atoms with Crippen LogP contribution in [0, 0.1) is 6.92 Å². The van der Waals surface area contributed by atoms with E-state index in [0.717, 1.165) is 18.4 Å². The molecule has 3 nitrogen and oxygen atoms in total. The van der Waals surface area contributed by atoms with Crippen LogP contribution in [0.5, 0.6) is 0 Å². The molecule has 1 aromatic rings. The molecule has 0 atom stereocenters. The van der Waals surface area contributed by atoms with Gasteiger partial charge in [-0.2, -0.15) is 0 Å². The largest absolute Gasteiger partial charge is 0.469 e. The number of carbonyl (C=O) groups is 1. The molecule has 0 saturated heterocycles. The monoisotopic (exact) mass is 259 g/mol. The molecule has 0 N–H and O–H groups in total. The minimum atomic E-state index is 0.0400. The maximum absolute atomic E-state index is 11.9. The van der Waals surface area contributed by atoms with E-state index >= 15 is 0 Å². The molecule has 1 aromatic heterocycles. The van der Waals surface area contributed by atoms with Gasteiger partial charge in [0.2, 0.25) is 0 Å². The molecule has 0 aromatic carbocycles. The Morgan fingerprint density at radius 1 is 1.64 bits per heavy atom. The van der Waals surface area contributed by atoms with E-state index in [2.05, 4.69) is 15.9 Å². The van der Waals surface area contributed by atoms with Crippen molar-refractivity contribution in [2.45, 2.75) is 13.8 Å². The van der Waals surface area contributed by atoms with E-state index in [1.54, 1.807) is 24.2 Å². The van der Waals surface area contributed by atoms with E-state index in [4.69, 9.17) is 4.42 Å². The number of rotatable bonds is 4. The van der Waals surface area contributed by atoms with Gasteiger partial charge in [0.15, 0.2) is 0 Å². The fourth-order valence-corrected chi connectivity index (χ4v) is 1.71. The first-order valence-electron chi connectivity index (χ1n) is 4.60. The molecule has 0 fully saturated rings. The first-order valence-corrected chi connectivity index (χ1v) is 5.72. The highest BCUT2D eigenvalue weighted by atomic mass is 79.9. The number of carbonyl (C=O) groups excluding carboxylic acids is 1.